The number of urea groups is 1. The molecule has 0 aliphatic heterocycles. The van der Waals surface area contributed by atoms with Gasteiger partial charge in [0.15, 0.2) is 0 Å². The fourth-order valence-corrected chi connectivity index (χ4v) is 3.45. The van der Waals surface area contributed by atoms with Crippen LogP contribution in [0.4, 0.5) is 14.9 Å². The predicted octanol–water partition coefficient (Wildman–Crippen LogP) is 3.56. The first-order valence-electron chi connectivity index (χ1n) is 6.93. The van der Waals surface area contributed by atoms with E-state index in [4.69, 9.17) is 11.6 Å². The third kappa shape index (κ3) is 3.42. The zero-order valence-corrected chi connectivity index (χ0v) is 13.8. The third-order valence-corrected chi connectivity index (χ3v) is 5.08. The lowest BCUT2D eigenvalue weighted by Gasteiger charge is -2.10. The lowest BCUT2D eigenvalue weighted by molar-refractivity contribution is 0.256. The number of carbonyl (C=O) groups excluding carboxylic acids is 1. The second-order valence-electron chi connectivity index (χ2n) is 5.16. The van der Waals surface area contributed by atoms with E-state index >= 15 is 0 Å². The fraction of sp³-hybridized carbons (Fsp3) is 0.0625. The number of benzene rings is 2. The van der Waals surface area contributed by atoms with Crippen molar-refractivity contribution in [3.63, 3.8) is 0 Å². The van der Waals surface area contributed by atoms with E-state index in [1.807, 2.05) is 16.9 Å². The van der Waals surface area contributed by atoms with Crippen LogP contribution in [0, 0.1) is 5.82 Å². The highest BCUT2D eigenvalue weighted by Crippen LogP contribution is 2.23. The quantitative estimate of drug-likeness (QED) is 0.872. The minimum atomic E-state index is -4.02. The Bertz CT molecular complexity index is 958. The summed E-state index contributed by atoms with van der Waals surface area (Å²) in [4.78, 5) is 11.9. The Balaban J connectivity index is 1.74. The van der Waals surface area contributed by atoms with Gasteiger partial charge >= 0.3 is 6.03 Å². The Morgan fingerprint density at radius 3 is 2.71 bits per heavy atom. The summed E-state index contributed by atoms with van der Waals surface area (Å²) in [7, 11) is -4.02. The Labute approximate surface area is 143 Å². The van der Waals surface area contributed by atoms with Gasteiger partial charge in [0.05, 0.1) is 9.92 Å². The molecule has 2 amide bonds. The van der Waals surface area contributed by atoms with Crippen LogP contribution >= 0.6 is 11.6 Å². The van der Waals surface area contributed by atoms with Gasteiger partial charge in [-0.2, -0.15) is 0 Å². The molecule has 0 saturated heterocycles. The lowest BCUT2D eigenvalue weighted by Crippen LogP contribution is -2.34. The molecule has 5 nitrogen and oxygen atoms in total. The minimum absolute atomic E-state index is 0.00256. The maximum Gasteiger partial charge on any atom is 0.333 e. The van der Waals surface area contributed by atoms with E-state index in [0.29, 0.717) is 6.42 Å². The van der Waals surface area contributed by atoms with Gasteiger partial charge in [-0.3, -0.25) is 0 Å². The first kappa shape index (κ1) is 16.5. The molecule has 0 aromatic heterocycles. The van der Waals surface area contributed by atoms with Gasteiger partial charge < -0.3 is 5.32 Å². The molecule has 0 spiro atoms. The Kier molecular flexibility index (Phi) is 4.29. The molecule has 0 atom stereocenters. The summed E-state index contributed by atoms with van der Waals surface area (Å²) >= 11 is 5.61. The summed E-state index contributed by atoms with van der Waals surface area (Å²) in [5, 5.41) is 2.12. The summed E-state index contributed by atoms with van der Waals surface area (Å²) < 4.78 is 39.5. The number of amides is 2. The molecule has 2 aromatic rings. The van der Waals surface area contributed by atoms with Crippen molar-refractivity contribution >= 4 is 39.4 Å². The van der Waals surface area contributed by atoms with Crippen LogP contribution in [0.15, 0.2) is 47.4 Å². The molecule has 0 bridgehead atoms. The summed E-state index contributed by atoms with van der Waals surface area (Å²) in [5.41, 5.74) is 2.01. The highest BCUT2D eigenvalue weighted by molar-refractivity contribution is 7.90. The van der Waals surface area contributed by atoms with Crippen molar-refractivity contribution in [2.45, 2.75) is 11.3 Å². The summed E-state index contributed by atoms with van der Waals surface area (Å²) in [5.74, 6) is -0.637. The minimum Gasteiger partial charge on any atom is -0.307 e. The van der Waals surface area contributed by atoms with Gasteiger partial charge in [-0.1, -0.05) is 29.8 Å². The molecule has 24 heavy (non-hydrogen) atoms. The highest BCUT2D eigenvalue weighted by atomic mass is 35.5. The van der Waals surface area contributed by atoms with Crippen LogP contribution in [0.5, 0.6) is 0 Å². The number of anilines is 1. The first-order valence-corrected chi connectivity index (χ1v) is 8.79. The molecule has 2 aromatic carbocycles. The van der Waals surface area contributed by atoms with Crippen molar-refractivity contribution in [2.24, 2.45) is 0 Å². The van der Waals surface area contributed by atoms with E-state index in [2.05, 4.69) is 5.32 Å². The smallest absolute Gasteiger partial charge is 0.307 e. The van der Waals surface area contributed by atoms with Gasteiger partial charge in [-0.05, 0) is 47.9 Å². The van der Waals surface area contributed by atoms with Crippen molar-refractivity contribution < 1.29 is 17.6 Å². The van der Waals surface area contributed by atoms with Gasteiger partial charge in [-0.25, -0.2) is 22.3 Å². The normalized spacial score (nSPS) is 12.8. The van der Waals surface area contributed by atoms with E-state index in [-0.39, 0.29) is 15.6 Å². The fourth-order valence-electron chi connectivity index (χ4n) is 2.31. The standard InChI is InChI=1S/C16H12ClFN2O3S/c17-14-9-12(5-7-15(14)18)19-16(21)20-24(22,23)13-6-4-10-2-1-3-11(10)8-13/h1-2,4-9H,3H2,(H2,19,20,21). The van der Waals surface area contributed by atoms with Crippen LogP contribution in [0.3, 0.4) is 0 Å². The Morgan fingerprint density at radius 2 is 1.96 bits per heavy atom. The van der Waals surface area contributed by atoms with Crippen molar-refractivity contribution in [1.29, 1.82) is 0 Å². The van der Waals surface area contributed by atoms with Crippen LogP contribution in [0.1, 0.15) is 11.1 Å². The van der Waals surface area contributed by atoms with Gasteiger partial charge in [0.1, 0.15) is 5.82 Å². The van der Waals surface area contributed by atoms with E-state index in [1.165, 1.54) is 24.3 Å². The van der Waals surface area contributed by atoms with Crippen molar-refractivity contribution in [2.75, 3.05) is 5.32 Å². The molecule has 0 saturated carbocycles. The molecule has 0 heterocycles. The molecule has 1 aliphatic carbocycles. The molecule has 2 N–H and O–H groups in total. The third-order valence-electron chi connectivity index (χ3n) is 3.46. The number of carbonyl (C=O) groups is 1. The second-order valence-corrected chi connectivity index (χ2v) is 7.25. The lowest BCUT2D eigenvalue weighted by atomic mass is 10.1. The van der Waals surface area contributed by atoms with Crippen LogP contribution in [-0.2, 0) is 16.4 Å². The van der Waals surface area contributed by atoms with Gasteiger partial charge in [0, 0.05) is 5.69 Å². The number of nitrogens with one attached hydrogen (secondary N) is 2. The molecular formula is C16H12ClFN2O3S. The maximum atomic E-state index is 13.1. The number of hydrogen-bond donors (Lipinski definition) is 2. The average molecular weight is 367 g/mol. The van der Waals surface area contributed by atoms with E-state index in [1.54, 1.807) is 6.07 Å². The Morgan fingerprint density at radius 1 is 1.17 bits per heavy atom. The van der Waals surface area contributed by atoms with E-state index in [9.17, 15) is 17.6 Å². The SMILES string of the molecule is O=C(Nc1ccc(F)c(Cl)c1)NS(=O)(=O)c1ccc2c(c1)CC=C2. The topological polar surface area (TPSA) is 75.3 Å². The zero-order chi connectivity index (χ0) is 17.3. The van der Waals surface area contributed by atoms with Gasteiger partial charge in [0.25, 0.3) is 10.0 Å². The van der Waals surface area contributed by atoms with Gasteiger partial charge in [-0.15, -0.1) is 0 Å². The number of rotatable bonds is 3. The van der Waals surface area contributed by atoms with Crippen molar-refractivity contribution in [1.82, 2.24) is 4.72 Å². The predicted molar refractivity (Wildman–Crippen MR) is 89.9 cm³/mol. The summed E-state index contributed by atoms with van der Waals surface area (Å²) in [6.45, 7) is 0. The number of halogens is 2. The Hall–Kier alpha value is -2.38. The monoisotopic (exact) mass is 366 g/mol. The molecular weight excluding hydrogens is 355 g/mol. The van der Waals surface area contributed by atoms with Crippen molar-refractivity contribution in [3.05, 3.63) is 64.4 Å². The second kappa shape index (κ2) is 6.26. The van der Waals surface area contributed by atoms with Crippen LogP contribution in [0.25, 0.3) is 6.08 Å². The first-order chi connectivity index (χ1) is 11.3. The molecule has 1 aliphatic rings. The number of allylic oxidation sites excluding steroid dienone is 1. The number of sulfonamides is 1. The van der Waals surface area contributed by atoms with Crippen molar-refractivity contribution in [3.8, 4) is 0 Å². The van der Waals surface area contributed by atoms with Crippen LogP contribution < -0.4 is 10.0 Å². The summed E-state index contributed by atoms with van der Waals surface area (Å²) in [6.07, 6.45) is 4.49. The number of hydrogen-bond acceptors (Lipinski definition) is 3. The molecule has 0 unspecified atom stereocenters. The molecule has 0 radical (unpaired) electrons. The maximum absolute atomic E-state index is 13.1. The molecule has 3 rings (SSSR count). The van der Waals surface area contributed by atoms with Gasteiger partial charge in [0.2, 0.25) is 0 Å². The molecule has 0 fully saturated rings. The molecule has 124 valence electrons. The largest absolute Gasteiger partial charge is 0.333 e. The number of fused-ring (bicyclic) bond motifs is 1. The van der Waals surface area contributed by atoms with E-state index < -0.39 is 21.9 Å². The summed E-state index contributed by atoms with van der Waals surface area (Å²) in [6, 6.07) is 7.21. The highest BCUT2D eigenvalue weighted by Gasteiger charge is 2.19. The zero-order valence-electron chi connectivity index (χ0n) is 12.2. The van der Waals surface area contributed by atoms with Crippen LogP contribution in [-0.4, -0.2) is 14.4 Å². The average Bonchev–Trinajstić information content (AvgIpc) is 2.98. The molecule has 8 heteroatoms. The van der Waals surface area contributed by atoms with Crippen LogP contribution in [0.2, 0.25) is 5.02 Å². The van der Waals surface area contributed by atoms with E-state index in [0.717, 1.165) is 17.2 Å².